The van der Waals surface area contributed by atoms with Crippen LogP contribution in [-0.4, -0.2) is 31.5 Å². The molecule has 0 aliphatic heterocycles. The van der Waals surface area contributed by atoms with E-state index in [1.165, 1.54) is 0 Å². The molecule has 4 nitrogen and oxygen atoms in total. The lowest BCUT2D eigenvalue weighted by atomic mass is 9.93. The second-order valence-electron chi connectivity index (χ2n) is 6.87. The summed E-state index contributed by atoms with van der Waals surface area (Å²) in [6, 6.07) is 2.05. The highest BCUT2D eigenvalue weighted by molar-refractivity contribution is 7.92. The first kappa shape index (κ1) is 23.4. The number of sulfone groups is 1. The molecular formula is C17H18F7NO3S. The van der Waals surface area contributed by atoms with E-state index in [-0.39, 0.29) is 12.8 Å². The summed E-state index contributed by atoms with van der Waals surface area (Å²) < 4.78 is 115. The van der Waals surface area contributed by atoms with Crippen molar-refractivity contribution >= 4 is 15.7 Å². The number of halogens is 7. The summed E-state index contributed by atoms with van der Waals surface area (Å²) in [6.45, 7) is 0. The number of hydrogen-bond acceptors (Lipinski definition) is 3. The zero-order valence-corrected chi connectivity index (χ0v) is 15.7. The lowest BCUT2D eigenvalue weighted by Gasteiger charge is -2.34. The van der Waals surface area contributed by atoms with Crippen LogP contribution in [0.5, 0.6) is 0 Å². The number of rotatable bonds is 5. The summed E-state index contributed by atoms with van der Waals surface area (Å²) in [5.41, 5.74) is -1.23. The quantitative estimate of drug-likeness (QED) is 0.672. The molecule has 0 radical (unpaired) electrons. The lowest BCUT2D eigenvalue weighted by molar-refractivity contribution is -0.144. The van der Waals surface area contributed by atoms with E-state index < -0.39 is 75.3 Å². The highest BCUT2D eigenvalue weighted by atomic mass is 32.2. The van der Waals surface area contributed by atoms with E-state index in [2.05, 4.69) is 5.32 Å². The second kappa shape index (κ2) is 8.11. The second-order valence-corrected chi connectivity index (χ2v) is 9.08. The van der Waals surface area contributed by atoms with Crippen molar-refractivity contribution in [3.63, 3.8) is 0 Å². The minimum absolute atomic E-state index is 0.174. The van der Waals surface area contributed by atoms with Crippen LogP contribution in [0.1, 0.15) is 44.1 Å². The SMILES string of the molecule is O=C(CCC(F)(F)F)N[C@H]1CC[C@](F)(S(=O)(=O)c2cccc(C(F)(F)F)c2)CC1. The molecule has 1 aliphatic carbocycles. The number of amides is 1. The number of hydrogen-bond donors (Lipinski definition) is 1. The number of carbonyl (C=O) groups excluding carboxylic acids is 1. The Balaban J connectivity index is 2.05. The number of nitrogens with one attached hydrogen (secondary N) is 1. The van der Waals surface area contributed by atoms with Crippen LogP contribution in [0.4, 0.5) is 30.7 Å². The third-order valence-electron chi connectivity index (χ3n) is 4.69. The molecule has 1 aliphatic rings. The first-order chi connectivity index (χ1) is 13.1. The Morgan fingerprint density at radius 2 is 1.69 bits per heavy atom. The van der Waals surface area contributed by atoms with Crippen molar-refractivity contribution in [3.8, 4) is 0 Å². The molecule has 0 spiro atoms. The number of alkyl halides is 7. The Bertz CT molecular complexity index is 841. The van der Waals surface area contributed by atoms with Gasteiger partial charge in [-0.25, -0.2) is 12.8 Å². The maximum absolute atomic E-state index is 15.1. The van der Waals surface area contributed by atoms with Crippen LogP contribution in [0.3, 0.4) is 0 Å². The van der Waals surface area contributed by atoms with Crippen molar-refractivity contribution in [1.29, 1.82) is 0 Å². The van der Waals surface area contributed by atoms with E-state index in [9.17, 15) is 39.6 Å². The van der Waals surface area contributed by atoms with Crippen LogP contribution in [0.2, 0.25) is 0 Å². The molecular weight excluding hydrogens is 431 g/mol. The van der Waals surface area contributed by atoms with Crippen molar-refractivity contribution in [2.75, 3.05) is 0 Å². The average molecular weight is 449 g/mol. The Morgan fingerprint density at radius 3 is 2.21 bits per heavy atom. The van der Waals surface area contributed by atoms with E-state index in [0.717, 1.165) is 12.1 Å². The molecule has 1 saturated carbocycles. The summed E-state index contributed by atoms with van der Waals surface area (Å²) in [5, 5.41) is -0.529. The molecule has 164 valence electrons. The average Bonchev–Trinajstić information content (AvgIpc) is 2.61. The fourth-order valence-electron chi connectivity index (χ4n) is 3.07. The van der Waals surface area contributed by atoms with E-state index in [1.54, 1.807) is 0 Å². The molecule has 0 unspecified atom stereocenters. The van der Waals surface area contributed by atoms with Gasteiger partial charge in [-0.1, -0.05) is 6.07 Å². The summed E-state index contributed by atoms with van der Waals surface area (Å²) >= 11 is 0. The molecule has 0 bridgehead atoms. The van der Waals surface area contributed by atoms with Crippen LogP contribution in [0, 0.1) is 0 Å². The zero-order chi connectivity index (χ0) is 22.1. The molecule has 2 rings (SSSR count). The van der Waals surface area contributed by atoms with Crippen LogP contribution >= 0.6 is 0 Å². The predicted octanol–water partition coefficient (Wildman–Crippen LogP) is 4.55. The summed E-state index contributed by atoms with van der Waals surface area (Å²) in [6.07, 6.45) is -13.0. The zero-order valence-electron chi connectivity index (χ0n) is 14.9. The van der Waals surface area contributed by atoms with Gasteiger partial charge >= 0.3 is 12.4 Å². The van der Waals surface area contributed by atoms with Crippen LogP contribution < -0.4 is 5.32 Å². The molecule has 1 fully saturated rings. The third kappa shape index (κ3) is 5.83. The van der Waals surface area contributed by atoms with Gasteiger partial charge in [-0.3, -0.25) is 4.79 Å². The Kier molecular flexibility index (Phi) is 6.56. The fourth-order valence-corrected chi connectivity index (χ4v) is 4.80. The monoisotopic (exact) mass is 449 g/mol. The van der Waals surface area contributed by atoms with Crippen molar-refractivity contribution in [2.45, 2.75) is 66.8 Å². The fraction of sp³-hybridized carbons (Fsp3) is 0.588. The molecule has 29 heavy (non-hydrogen) atoms. The number of carbonyl (C=O) groups is 1. The van der Waals surface area contributed by atoms with Gasteiger partial charge in [0, 0.05) is 12.5 Å². The number of benzene rings is 1. The Hall–Kier alpha value is -1.85. The van der Waals surface area contributed by atoms with Gasteiger partial charge in [-0.05, 0) is 43.9 Å². The molecule has 0 aromatic heterocycles. The maximum atomic E-state index is 15.1. The predicted molar refractivity (Wildman–Crippen MR) is 88.2 cm³/mol. The minimum atomic E-state index is -4.80. The van der Waals surface area contributed by atoms with Crippen molar-refractivity contribution in [3.05, 3.63) is 29.8 Å². The normalized spacial score (nSPS) is 23.6. The molecule has 1 aromatic carbocycles. The van der Waals surface area contributed by atoms with E-state index in [4.69, 9.17) is 0 Å². The Labute approximate surface area is 162 Å². The molecule has 0 saturated heterocycles. The highest BCUT2D eigenvalue weighted by Crippen LogP contribution is 2.41. The van der Waals surface area contributed by atoms with Crippen LogP contribution in [-0.2, 0) is 20.8 Å². The smallest absolute Gasteiger partial charge is 0.353 e. The van der Waals surface area contributed by atoms with Crippen molar-refractivity contribution in [2.24, 2.45) is 0 Å². The largest absolute Gasteiger partial charge is 0.416 e. The van der Waals surface area contributed by atoms with Gasteiger partial charge in [0.2, 0.25) is 20.7 Å². The maximum Gasteiger partial charge on any atom is 0.416 e. The third-order valence-corrected chi connectivity index (χ3v) is 6.93. The molecule has 0 heterocycles. The lowest BCUT2D eigenvalue weighted by Crippen LogP contribution is -2.45. The molecule has 0 atom stereocenters. The van der Waals surface area contributed by atoms with Crippen LogP contribution in [0.15, 0.2) is 29.2 Å². The Morgan fingerprint density at radius 1 is 1.10 bits per heavy atom. The highest BCUT2D eigenvalue weighted by Gasteiger charge is 2.48. The van der Waals surface area contributed by atoms with Crippen molar-refractivity contribution < 1.29 is 43.9 Å². The first-order valence-electron chi connectivity index (χ1n) is 8.61. The van der Waals surface area contributed by atoms with Gasteiger partial charge < -0.3 is 5.32 Å². The van der Waals surface area contributed by atoms with E-state index >= 15 is 4.39 Å². The molecule has 1 N–H and O–H groups in total. The van der Waals surface area contributed by atoms with Gasteiger partial charge in [0.05, 0.1) is 16.9 Å². The standard InChI is InChI=1S/C17H18F7NO3S/c18-15(29(27,28)13-3-1-2-11(10-13)17(22,23)24)7-4-12(5-8-15)25-14(26)6-9-16(19,20)21/h1-3,10,12H,4-9H2,(H,25,26)/t12-,15-. The topological polar surface area (TPSA) is 63.2 Å². The molecule has 1 aromatic rings. The van der Waals surface area contributed by atoms with Crippen LogP contribution in [0.25, 0.3) is 0 Å². The van der Waals surface area contributed by atoms with E-state index in [1.807, 2.05) is 0 Å². The van der Waals surface area contributed by atoms with Gasteiger partial charge in [-0.15, -0.1) is 0 Å². The van der Waals surface area contributed by atoms with Gasteiger partial charge in [-0.2, -0.15) is 26.3 Å². The van der Waals surface area contributed by atoms with E-state index in [0.29, 0.717) is 12.1 Å². The summed E-state index contributed by atoms with van der Waals surface area (Å²) in [7, 11) is -4.75. The minimum Gasteiger partial charge on any atom is -0.353 e. The first-order valence-corrected chi connectivity index (χ1v) is 10.1. The van der Waals surface area contributed by atoms with Gasteiger partial charge in [0.25, 0.3) is 0 Å². The van der Waals surface area contributed by atoms with Gasteiger partial charge in [0.15, 0.2) is 0 Å². The summed E-state index contributed by atoms with van der Waals surface area (Å²) in [4.78, 5) is 10.7. The summed E-state index contributed by atoms with van der Waals surface area (Å²) in [5.74, 6) is -0.889. The molecule has 12 heteroatoms. The van der Waals surface area contributed by atoms with Crippen molar-refractivity contribution in [1.82, 2.24) is 5.32 Å². The van der Waals surface area contributed by atoms with Gasteiger partial charge in [0.1, 0.15) is 0 Å². The molecule has 1 amide bonds.